The predicted molar refractivity (Wildman–Crippen MR) is 86.0 cm³/mol. The van der Waals surface area contributed by atoms with Crippen molar-refractivity contribution in [1.82, 2.24) is 0 Å². The van der Waals surface area contributed by atoms with Gasteiger partial charge in [0.1, 0.15) is 22.3 Å². The molecule has 5 heteroatoms. The third-order valence-corrected chi connectivity index (χ3v) is 3.32. The van der Waals surface area contributed by atoms with E-state index in [0.717, 1.165) is 25.0 Å². The highest BCUT2D eigenvalue weighted by molar-refractivity contribution is 7.80. The van der Waals surface area contributed by atoms with E-state index in [0.29, 0.717) is 5.69 Å². The van der Waals surface area contributed by atoms with Crippen LogP contribution in [0.15, 0.2) is 36.4 Å². The lowest BCUT2D eigenvalue weighted by molar-refractivity contribution is 0.590. The third kappa shape index (κ3) is 3.76. The fourth-order valence-corrected chi connectivity index (χ4v) is 2.14. The smallest absolute Gasteiger partial charge is 0.150 e. The molecule has 0 bridgehead atoms. The number of rotatable bonds is 5. The molecule has 0 saturated carbocycles. The van der Waals surface area contributed by atoms with Gasteiger partial charge in [-0.3, -0.25) is 0 Å². The van der Waals surface area contributed by atoms with Crippen LogP contribution in [-0.2, 0) is 6.42 Å². The number of anilines is 2. The molecule has 0 aliphatic carbocycles. The van der Waals surface area contributed by atoms with Gasteiger partial charge in [-0.05, 0) is 36.2 Å². The van der Waals surface area contributed by atoms with Gasteiger partial charge in [0.2, 0.25) is 0 Å². The molecule has 2 rings (SSSR count). The van der Waals surface area contributed by atoms with E-state index >= 15 is 0 Å². The van der Waals surface area contributed by atoms with Crippen LogP contribution in [0.3, 0.4) is 0 Å². The van der Waals surface area contributed by atoms with Crippen LogP contribution in [0.5, 0.6) is 0 Å². The molecule has 2 aromatic rings. The Balaban J connectivity index is 2.25. The third-order valence-electron chi connectivity index (χ3n) is 3.09. The summed E-state index contributed by atoms with van der Waals surface area (Å²) in [7, 11) is 0. The maximum Gasteiger partial charge on any atom is 0.150 e. The Morgan fingerprint density at radius 1 is 1.14 bits per heavy atom. The number of benzene rings is 2. The van der Waals surface area contributed by atoms with Crippen molar-refractivity contribution >= 4 is 28.6 Å². The molecule has 0 spiro atoms. The van der Waals surface area contributed by atoms with Crippen LogP contribution < -0.4 is 11.1 Å². The van der Waals surface area contributed by atoms with Gasteiger partial charge >= 0.3 is 0 Å². The van der Waals surface area contributed by atoms with Gasteiger partial charge in [0.15, 0.2) is 0 Å². The molecule has 0 atom stereocenters. The first kappa shape index (κ1) is 15.4. The molecule has 0 saturated heterocycles. The summed E-state index contributed by atoms with van der Waals surface area (Å²) in [4.78, 5) is -0.0386. The highest BCUT2D eigenvalue weighted by Gasteiger charge is 2.12. The zero-order valence-electron chi connectivity index (χ0n) is 11.6. The first-order valence-corrected chi connectivity index (χ1v) is 7.07. The SMILES string of the molecule is CCCc1ccc(Nc2c(F)cc(C(N)=S)cc2F)cc1. The molecule has 0 unspecified atom stereocenters. The van der Waals surface area contributed by atoms with E-state index < -0.39 is 11.6 Å². The second kappa shape index (κ2) is 6.63. The molecule has 0 radical (unpaired) electrons. The minimum Gasteiger partial charge on any atom is -0.389 e. The first-order valence-electron chi connectivity index (χ1n) is 6.66. The summed E-state index contributed by atoms with van der Waals surface area (Å²) in [6.07, 6.45) is 2.03. The van der Waals surface area contributed by atoms with Crippen LogP contribution in [-0.4, -0.2) is 4.99 Å². The summed E-state index contributed by atoms with van der Waals surface area (Å²) in [5, 5.41) is 2.74. The standard InChI is InChI=1S/C16H16F2N2S/c1-2-3-10-4-6-12(7-5-10)20-15-13(17)8-11(16(19)21)9-14(15)18/h4-9,20H,2-3H2,1H3,(H2,19,21). The fraction of sp³-hybridized carbons (Fsp3) is 0.188. The van der Waals surface area contributed by atoms with Crippen molar-refractivity contribution in [3.8, 4) is 0 Å². The molecule has 2 aromatic carbocycles. The Labute approximate surface area is 128 Å². The topological polar surface area (TPSA) is 38.0 Å². The van der Waals surface area contributed by atoms with Crippen LogP contribution in [0.25, 0.3) is 0 Å². The first-order chi connectivity index (χ1) is 10.0. The lowest BCUT2D eigenvalue weighted by Gasteiger charge is -2.11. The van der Waals surface area contributed by atoms with Gasteiger partial charge in [0.05, 0.1) is 0 Å². The summed E-state index contributed by atoms with van der Waals surface area (Å²) in [6.45, 7) is 2.10. The molecule has 0 amide bonds. The van der Waals surface area contributed by atoms with Crippen molar-refractivity contribution in [2.75, 3.05) is 5.32 Å². The zero-order valence-corrected chi connectivity index (χ0v) is 12.4. The van der Waals surface area contributed by atoms with Crippen LogP contribution in [0, 0.1) is 11.6 Å². The average Bonchev–Trinajstić information content (AvgIpc) is 2.44. The van der Waals surface area contributed by atoms with E-state index in [1.807, 2.05) is 12.1 Å². The lowest BCUT2D eigenvalue weighted by Crippen LogP contribution is -2.11. The zero-order chi connectivity index (χ0) is 15.4. The Hall–Kier alpha value is -2.01. The summed E-state index contributed by atoms with van der Waals surface area (Å²) < 4.78 is 27.9. The van der Waals surface area contributed by atoms with Crippen molar-refractivity contribution in [3.05, 3.63) is 59.2 Å². The molecular formula is C16H16F2N2S. The number of aryl methyl sites for hydroxylation is 1. The van der Waals surface area contributed by atoms with Crippen LogP contribution in [0.2, 0.25) is 0 Å². The summed E-state index contributed by atoms with van der Waals surface area (Å²) >= 11 is 4.72. The van der Waals surface area contributed by atoms with Gasteiger partial charge in [-0.25, -0.2) is 8.78 Å². The van der Waals surface area contributed by atoms with E-state index in [9.17, 15) is 8.78 Å². The van der Waals surface area contributed by atoms with Crippen LogP contribution in [0.1, 0.15) is 24.5 Å². The van der Waals surface area contributed by atoms with Crippen molar-refractivity contribution in [2.24, 2.45) is 5.73 Å². The maximum atomic E-state index is 13.9. The molecule has 110 valence electrons. The predicted octanol–water partition coefficient (Wildman–Crippen LogP) is 4.30. The highest BCUT2D eigenvalue weighted by atomic mass is 32.1. The van der Waals surface area contributed by atoms with Gasteiger partial charge in [-0.15, -0.1) is 0 Å². The second-order valence-corrected chi connectivity index (χ2v) is 5.19. The number of hydrogen-bond donors (Lipinski definition) is 2. The number of nitrogens with two attached hydrogens (primary N) is 1. The van der Waals surface area contributed by atoms with Gasteiger partial charge in [-0.1, -0.05) is 37.7 Å². The van der Waals surface area contributed by atoms with Gasteiger partial charge < -0.3 is 11.1 Å². The monoisotopic (exact) mass is 306 g/mol. The number of hydrogen-bond acceptors (Lipinski definition) is 2. The van der Waals surface area contributed by atoms with Crippen molar-refractivity contribution in [1.29, 1.82) is 0 Å². The number of nitrogens with one attached hydrogen (secondary N) is 1. The van der Waals surface area contributed by atoms with E-state index in [-0.39, 0.29) is 16.2 Å². The minimum absolute atomic E-state index is 0.0386. The van der Waals surface area contributed by atoms with Crippen molar-refractivity contribution in [3.63, 3.8) is 0 Å². The summed E-state index contributed by atoms with van der Waals surface area (Å²) in [5.41, 5.74) is 7.15. The Morgan fingerprint density at radius 2 is 1.71 bits per heavy atom. The Morgan fingerprint density at radius 3 is 2.19 bits per heavy atom. The van der Waals surface area contributed by atoms with Crippen molar-refractivity contribution < 1.29 is 8.78 Å². The quantitative estimate of drug-likeness (QED) is 0.809. The minimum atomic E-state index is -0.726. The second-order valence-electron chi connectivity index (χ2n) is 4.75. The van der Waals surface area contributed by atoms with Gasteiger partial charge in [0.25, 0.3) is 0 Å². The highest BCUT2D eigenvalue weighted by Crippen LogP contribution is 2.25. The van der Waals surface area contributed by atoms with Gasteiger partial charge in [-0.2, -0.15) is 0 Å². The lowest BCUT2D eigenvalue weighted by atomic mass is 10.1. The maximum absolute atomic E-state index is 13.9. The number of halogens is 2. The molecule has 0 aliphatic rings. The fourth-order valence-electron chi connectivity index (χ4n) is 2.02. The normalized spacial score (nSPS) is 10.4. The molecule has 3 N–H and O–H groups in total. The Kier molecular flexibility index (Phi) is 4.85. The molecular weight excluding hydrogens is 290 g/mol. The van der Waals surface area contributed by atoms with E-state index in [1.165, 1.54) is 5.56 Å². The van der Waals surface area contributed by atoms with Crippen molar-refractivity contribution in [2.45, 2.75) is 19.8 Å². The Bertz CT molecular complexity index is 631. The van der Waals surface area contributed by atoms with Gasteiger partial charge in [0, 0.05) is 11.3 Å². The van der Waals surface area contributed by atoms with E-state index in [2.05, 4.69) is 12.2 Å². The number of thiocarbonyl (C=S) groups is 1. The summed E-state index contributed by atoms with van der Waals surface area (Å²) in [5.74, 6) is -1.45. The molecule has 2 nitrogen and oxygen atoms in total. The molecule has 0 aromatic heterocycles. The molecule has 0 fully saturated rings. The van der Waals surface area contributed by atoms with Crippen LogP contribution >= 0.6 is 12.2 Å². The average molecular weight is 306 g/mol. The van der Waals surface area contributed by atoms with E-state index in [4.69, 9.17) is 18.0 Å². The molecule has 0 heterocycles. The summed E-state index contributed by atoms with van der Waals surface area (Å²) in [6, 6.07) is 9.71. The molecule has 0 aliphatic heterocycles. The van der Waals surface area contributed by atoms with Crippen LogP contribution in [0.4, 0.5) is 20.2 Å². The largest absolute Gasteiger partial charge is 0.389 e. The molecule has 21 heavy (non-hydrogen) atoms. The van der Waals surface area contributed by atoms with E-state index in [1.54, 1.807) is 12.1 Å².